The van der Waals surface area contributed by atoms with Crippen LogP contribution in [-0.4, -0.2) is 25.8 Å². The number of allylic oxidation sites excluding steroid dienone is 1. The summed E-state index contributed by atoms with van der Waals surface area (Å²) in [6, 6.07) is 7.62. The molecule has 0 unspecified atom stereocenters. The molecule has 0 heterocycles. The fourth-order valence-corrected chi connectivity index (χ4v) is 1.91. The van der Waals surface area contributed by atoms with Gasteiger partial charge in [-0.05, 0) is 34.8 Å². The average Bonchev–Trinajstić information content (AvgIpc) is 2.49. The van der Waals surface area contributed by atoms with Crippen LogP contribution in [0.4, 0.5) is 0 Å². The molecule has 118 valence electrons. The van der Waals surface area contributed by atoms with E-state index in [0.717, 1.165) is 5.57 Å². The van der Waals surface area contributed by atoms with E-state index in [-0.39, 0.29) is 11.3 Å². The third-order valence-electron chi connectivity index (χ3n) is 3.18. The molecule has 0 saturated heterocycles. The van der Waals surface area contributed by atoms with E-state index < -0.39 is 0 Å². The highest BCUT2D eigenvalue weighted by molar-refractivity contribution is 5.94. The summed E-state index contributed by atoms with van der Waals surface area (Å²) in [5.41, 5.74) is 2.69. The lowest BCUT2D eigenvalue weighted by Crippen LogP contribution is -2.26. The molecule has 4 heteroatoms. The van der Waals surface area contributed by atoms with Crippen molar-refractivity contribution >= 4 is 12.2 Å². The fourth-order valence-electron chi connectivity index (χ4n) is 1.91. The molecule has 0 saturated carbocycles. The number of hydrogen-bond donors (Lipinski definition) is 2. The lowest BCUT2D eigenvalue weighted by Gasteiger charge is -2.19. The molecule has 1 aromatic carbocycles. The Labute approximate surface area is 132 Å². The predicted molar refractivity (Wildman–Crippen MR) is 89.8 cm³/mol. The normalized spacial score (nSPS) is 12.3. The van der Waals surface area contributed by atoms with E-state index in [4.69, 9.17) is 0 Å². The van der Waals surface area contributed by atoms with E-state index in [2.05, 4.69) is 31.4 Å². The van der Waals surface area contributed by atoms with Crippen molar-refractivity contribution in [3.8, 4) is 0 Å². The summed E-state index contributed by atoms with van der Waals surface area (Å²) >= 11 is 0. The number of nitrogens with one attached hydrogen (secondary N) is 2. The zero-order valence-corrected chi connectivity index (χ0v) is 13.6. The third kappa shape index (κ3) is 5.56. The predicted octanol–water partition coefficient (Wildman–Crippen LogP) is 2.57. The second kappa shape index (κ2) is 8.17. The van der Waals surface area contributed by atoms with Crippen molar-refractivity contribution in [3.05, 3.63) is 59.3 Å². The molecule has 2 N–H and O–H groups in total. The summed E-state index contributed by atoms with van der Waals surface area (Å²) in [6.45, 7) is 6.76. The van der Waals surface area contributed by atoms with Gasteiger partial charge in [0.2, 0.25) is 0 Å². The summed E-state index contributed by atoms with van der Waals surface area (Å²) in [4.78, 5) is 22.5. The quantitative estimate of drug-likeness (QED) is 0.482. The molecule has 0 radical (unpaired) electrons. The molecule has 0 aromatic heterocycles. The van der Waals surface area contributed by atoms with Crippen LogP contribution in [0.25, 0.3) is 0 Å². The van der Waals surface area contributed by atoms with Gasteiger partial charge in [0.25, 0.3) is 5.91 Å². The van der Waals surface area contributed by atoms with Gasteiger partial charge in [-0.2, -0.15) is 0 Å². The number of carbonyl (C=O) groups excluding carboxylic acids is 2. The summed E-state index contributed by atoms with van der Waals surface area (Å²) in [7, 11) is 1.77. The molecule has 0 aliphatic heterocycles. The Balaban J connectivity index is 2.70. The van der Waals surface area contributed by atoms with Crippen molar-refractivity contribution in [3.63, 3.8) is 0 Å². The van der Waals surface area contributed by atoms with Crippen LogP contribution in [0.3, 0.4) is 0 Å². The van der Waals surface area contributed by atoms with Gasteiger partial charge < -0.3 is 10.6 Å². The molecule has 22 heavy (non-hydrogen) atoms. The fraction of sp³-hybridized carbons (Fsp3) is 0.333. The molecule has 0 spiro atoms. The smallest absolute Gasteiger partial charge is 0.251 e. The van der Waals surface area contributed by atoms with Crippen molar-refractivity contribution in [2.75, 3.05) is 13.6 Å². The van der Waals surface area contributed by atoms with E-state index in [1.54, 1.807) is 19.3 Å². The lowest BCUT2D eigenvalue weighted by atomic mass is 9.87. The molecule has 1 rings (SSSR count). The highest BCUT2D eigenvalue weighted by atomic mass is 16.1. The first-order chi connectivity index (χ1) is 10.4. The maximum Gasteiger partial charge on any atom is 0.251 e. The van der Waals surface area contributed by atoms with Gasteiger partial charge in [-0.25, -0.2) is 0 Å². The van der Waals surface area contributed by atoms with Crippen molar-refractivity contribution in [1.82, 2.24) is 10.6 Å². The first-order valence-electron chi connectivity index (χ1n) is 7.25. The minimum absolute atomic E-state index is 0.0668. The third-order valence-corrected chi connectivity index (χ3v) is 3.18. The van der Waals surface area contributed by atoms with E-state index in [0.29, 0.717) is 18.4 Å². The van der Waals surface area contributed by atoms with Crippen LogP contribution in [0.2, 0.25) is 0 Å². The Morgan fingerprint density at radius 2 is 1.82 bits per heavy atom. The van der Waals surface area contributed by atoms with Crippen LogP contribution in [0.15, 0.2) is 48.2 Å². The van der Waals surface area contributed by atoms with Gasteiger partial charge >= 0.3 is 0 Å². The topological polar surface area (TPSA) is 58.2 Å². The Hall–Kier alpha value is -2.36. The van der Waals surface area contributed by atoms with Gasteiger partial charge in [0.05, 0.1) is 0 Å². The number of benzene rings is 1. The highest BCUT2D eigenvalue weighted by Crippen LogP contribution is 2.22. The second-order valence-corrected chi connectivity index (χ2v) is 6.01. The second-order valence-electron chi connectivity index (χ2n) is 6.01. The zero-order chi connectivity index (χ0) is 16.6. The maximum atomic E-state index is 12.1. The molecule has 0 aliphatic carbocycles. The SMILES string of the molecule is CNC=C(C=CC=O)CNC(=O)c1ccc(C(C)(C)C)cc1. The molecule has 0 bridgehead atoms. The summed E-state index contributed by atoms with van der Waals surface area (Å²) in [5.74, 6) is -0.137. The molecule has 1 amide bonds. The van der Waals surface area contributed by atoms with Gasteiger partial charge in [0, 0.05) is 25.4 Å². The molecule has 0 aliphatic rings. The molecular weight excluding hydrogens is 276 g/mol. The monoisotopic (exact) mass is 300 g/mol. The highest BCUT2D eigenvalue weighted by Gasteiger charge is 2.14. The standard InChI is InChI=1S/C18H24N2O2/c1-18(2,3)16-9-7-15(8-10-16)17(22)20-13-14(12-19-4)6-5-11-21/h5-12,19H,13H2,1-4H3,(H,20,22). The molecule has 1 aromatic rings. The van der Waals surface area contributed by atoms with Gasteiger partial charge in [0.15, 0.2) is 0 Å². The van der Waals surface area contributed by atoms with Gasteiger partial charge in [-0.1, -0.05) is 39.0 Å². The van der Waals surface area contributed by atoms with Crippen molar-refractivity contribution in [2.24, 2.45) is 0 Å². The number of hydrogen-bond acceptors (Lipinski definition) is 3. The van der Waals surface area contributed by atoms with Crippen molar-refractivity contribution in [2.45, 2.75) is 26.2 Å². The van der Waals surface area contributed by atoms with Crippen molar-refractivity contribution in [1.29, 1.82) is 0 Å². The number of aldehydes is 1. The van der Waals surface area contributed by atoms with Gasteiger partial charge in [0.1, 0.15) is 6.29 Å². The van der Waals surface area contributed by atoms with E-state index in [1.807, 2.05) is 24.3 Å². The summed E-state index contributed by atoms with van der Waals surface area (Å²) < 4.78 is 0. The summed E-state index contributed by atoms with van der Waals surface area (Å²) in [5, 5.41) is 5.72. The molecule has 0 atom stereocenters. The van der Waals surface area contributed by atoms with E-state index in [9.17, 15) is 9.59 Å². The first kappa shape index (κ1) is 17.7. The Morgan fingerprint density at radius 1 is 1.18 bits per heavy atom. The van der Waals surface area contributed by atoms with Gasteiger partial charge in [-0.3, -0.25) is 9.59 Å². The summed E-state index contributed by atoms with van der Waals surface area (Å²) in [6.07, 6.45) is 5.50. The van der Waals surface area contributed by atoms with Gasteiger partial charge in [-0.15, -0.1) is 0 Å². The van der Waals surface area contributed by atoms with Crippen LogP contribution in [-0.2, 0) is 10.2 Å². The minimum Gasteiger partial charge on any atom is -0.394 e. The minimum atomic E-state index is -0.137. The van der Waals surface area contributed by atoms with Crippen molar-refractivity contribution < 1.29 is 9.59 Å². The van der Waals surface area contributed by atoms with Crippen LogP contribution in [0.1, 0.15) is 36.7 Å². The zero-order valence-electron chi connectivity index (χ0n) is 13.6. The maximum absolute atomic E-state index is 12.1. The Kier molecular flexibility index (Phi) is 6.57. The average molecular weight is 300 g/mol. The Bertz CT molecular complexity index is 564. The van der Waals surface area contributed by atoms with Crippen LogP contribution in [0, 0.1) is 0 Å². The van der Waals surface area contributed by atoms with Crippen LogP contribution in [0.5, 0.6) is 0 Å². The van der Waals surface area contributed by atoms with E-state index in [1.165, 1.54) is 11.6 Å². The largest absolute Gasteiger partial charge is 0.394 e. The number of rotatable bonds is 6. The number of carbonyl (C=O) groups is 2. The Morgan fingerprint density at radius 3 is 2.32 bits per heavy atom. The molecule has 4 nitrogen and oxygen atoms in total. The molecular formula is C18H24N2O2. The lowest BCUT2D eigenvalue weighted by molar-refractivity contribution is -0.104. The number of amides is 1. The van der Waals surface area contributed by atoms with Crippen LogP contribution >= 0.6 is 0 Å². The van der Waals surface area contributed by atoms with Crippen LogP contribution < -0.4 is 10.6 Å². The van der Waals surface area contributed by atoms with E-state index >= 15 is 0 Å². The first-order valence-corrected chi connectivity index (χ1v) is 7.25. The molecule has 0 fully saturated rings.